The second-order valence-electron chi connectivity index (χ2n) is 8.51. The van der Waals surface area contributed by atoms with Crippen molar-refractivity contribution >= 4 is 38.7 Å². The summed E-state index contributed by atoms with van der Waals surface area (Å²) >= 11 is 0. The summed E-state index contributed by atoms with van der Waals surface area (Å²) in [4.78, 5) is 27.5. The fourth-order valence-corrected chi connectivity index (χ4v) is 5.01. The molecule has 0 aliphatic carbocycles. The lowest BCUT2D eigenvalue weighted by Crippen LogP contribution is -2.16. The number of benzene rings is 3. The third-order valence-corrected chi connectivity index (χ3v) is 7.17. The summed E-state index contributed by atoms with van der Waals surface area (Å²) in [6.45, 7) is 10.1. The first-order valence-electron chi connectivity index (χ1n) is 10.8. The zero-order chi connectivity index (χ0) is 28.4. The summed E-state index contributed by atoms with van der Waals surface area (Å²) < 4.78 is 67.3. The molecule has 0 atom stereocenters. The SMILES string of the molecule is [C-]#[N+]c1c(F)cc(C(=O)Nc2cc(O)c(NC(=O)c3cc(S(=O)(=O)CC(C)C)ccc3O)cc2F)cc1F. The van der Waals surface area contributed by atoms with Crippen LogP contribution in [0, 0.1) is 29.9 Å². The van der Waals surface area contributed by atoms with Crippen LogP contribution in [0.15, 0.2) is 47.4 Å². The summed E-state index contributed by atoms with van der Waals surface area (Å²) in [6, 6.07) is 5.60. The Kier molecular flexibility index (Phi) is 7.97. The molecule has 198 valence electrons. The van der Waals surface area contributed by atoms with Crippen LogP contribution in [0.2, 0.25) is 0 Å². The number of halogens is 3. The molecule has 0 aromatic heterocycles. The van der Waals surface area contributed by atoms with Gasteiger partial charge in [0, 0.05) is 17.7 Å². The fraction of sp³-hybridized carbons (Fsp3) is 0.160. The smallest absolute Gasteiger partial charge is 0.259 e. The number of amides is 2. The number of hydrogen-bond acceptors (Lipinski definition) is 6. The second-order valence-corrected chi connectivity index (χ2v) is 10.5. The third-order valence-electron chi connectivity index (χ3n) is 5.10. The third kappa shape index (κ3) is 6.04. The molecule has 9 nitrogen and oxygen atoms in total. The molecule has 0 saturated carbocycles. The van der Waals surface area contributed by atoms with Gasteiger partial charge in [-0.2, -0.15) is 0 Å². The van der Waals surface area contributed by atoms with Crippen LogP contribution in [-0.4, -0.2) is 36.2 Å². The molecule has 0 heterocycles. The molecule has 4 N–H and O–H groups in total. The predicted octanol–water partition coefficient (Wildman–Crippen LogP) is 5.00. The first kappa shape index (κ1) is 28.0. The monoisotopic (exact) mass is 547 g/mol. The lowest BCUT2D eigenvalue weighted by molar-refractivity contribution is 0.101. The van der Waals surface area contributed by atoms with E-state index in [4.69, 9.17) is 6.57 Å². The number of hydrogen-bond donors (Lipinski definition) is 4. The van der Waals surface area contributed by atoms with Crippen molar-refractivity contribution in [3.05, 3.63) is 82.5 Å². The molecule has 3 aromatic rings. The van der Waals surface area contributed by atoms with Gasteiger partial charge in [0.15, 0.2) is 9.84 Å². The second kappa shape index (κ2) is 10.8. The Morgan fingerprint density at radius 1 is 0.895 bits per heavy atom. The predicted molar refractivity (Wildman–Crippen MR) is 132 cm³/mol. The van der Waals surface area contributed by atoms with Crippen LogP contribution in [-0.2, 0) is 9.84 Å². The largest absolute Gasteiger partial charge is 0.507 e. The van der Waals surface area contributed by atoms with E-state index in [0.717, 1.165) is 18.2 Å². The highest BCUT2D eigenvalue weighted by atomic mass is 32.2. The topological polar surface area (TPSA) is 137 Å². The molecule has 0 unspecified atom stereocenters. The molecule has 0 aliphatic heterocycles. The van der Waals surface area contributed by atoms with Gasteiger partial charge in [0.2, 0.25) is 0 Å². The van der Waals surface area contributed by atoms with E-state index in [1.165, 1.54) is 0 Å². The van der Waals surface area contributed by atoms with Crippen molar-refractivity contribution < 1.29 is 41.4 Å². The van der Waals surface area contributed by atoms with E-state index in [1.807, 2.05) is 5.32 Å². The van der Waals surface area contributed by atoms with Crippen LogP contribution in [0.1, 0.15) is 34.6 Å². The van der Waals surface area contributed by atoms with Gasteiger partial charge in [0.25, 0.3) is 17.5 Å². The van der Waals surface area contributed by atoms with Gasteiger partial charge in [-0.3, -0.25) is 9.59 Å². The number of carbonyl (C=O) groups is 2. The van der Waals surface area contributed by atoms with Crippen LogP contribution in [0.5, 0.6) is 11.5 Å². The van der Waals surface area contributed by atoms with Crippen molar-refractivity contribution in [1.82, 2.24) is 0 Å². The maximum Gasteiger partial charge on any atom is 0.259 e. The quantitative estimate of drug-likeness (QED) is 0.243. The van der Waals surface area contributed by atoms with Crippen LogP contribution >= 0.6 is 0 Å². The van der Waals surface area contributed by atoms with Gasteiger partial charge in [0.05, 0.1) is 34.2 Å². The number of nitrogens with one attached hydrogen (secondary N) is 2. The number of sulfone groups is 1. The average Bonchev–Trinajstić information content (AvgIpc) is 2.81. The molecule has 0 fully saturated rings. The van der Waals surface area contributed by atoms with Gasteiger partial charge in [0.1, 0.15) is 29.0 Å². The number of nitrogens with zero attached hydrogens (tertiary/aromatic N) is 1. The highest BCUT2D eigenvalue weighted by Crippen LogP contribution is 2.32. The summed E-state index contributed by atoms with van der Waals surface area (Å²) in [7, 11) is -3.77. The van der Waals surface area contributed by atoms with Crippen molar-refractivity contribution in [3.8, 4) is 11.5 Å². The molecular weight excluding hydrogens is 527 g/mol. The Balaban J connectivity index is 1.85. The van der Waals surface area contributed by atoms with Crippen molar-refractivity contribution in [3.63, 3.8) is 0 Å². The molecule has 0 aliphatic rings. The van der Waals surface area contributed by atoms with E-state index >= 15 is 0 Å². The van der Waals surface area contributed by atoms with E-state index in [2.05, 4.69) is 10.2 Å². The molecule has 3 aromatic carbocycles. The fourth-order valence-electron chi connectivity index (χ4n) is 3.37. The molecule has 0 radical (unpaired) electrons. The Labute approximate surface area is 215 Å². The molecule has 38 heavy (non-hydrogen) atoms. The Morgan fingerprint density at radius 2 is 1.50 bits per heavy atom. The molecule has 13 heteroatoms. The van der Waals surface area contributed by atoms with Crippen molar-refractivity contribution in [2.75, 3.05) is 16.4 Å². The molecule has 3 rings (SSSR count). The molecular formula is C25H20F3N3O6S. The highest BCUT2D eigenvalue weighted by Gasteiger charge is 2.22. The first-order chi connectivity index (χ1) is 17.7. The van der Waals surface area contributed by atoms with E-state index < -0.39 is 78.8 Å². The summed E-state index contributed by atoms with van der Waals surface area (Å²) in [6.07, 6.45) is 0. The van der Waals surface area contributed by atoms with Crippen molar-refractivity contribution in [2.24, 2.45) is 5.92 Å². The summed E-state index contributed by atoms with van der Waals surface area (Å²) in [5, 5.41) is 24.5. The molecule has 0 bridgehead atoms. The number of rotatable bonds is 7. The normalized spacial score (nSPS) is 11.2. The van der Waals surface area contributed by atoms with Gasteiger partial charge in [-0.25, -0.2) is 26.4 Å². The standard InChI is InChI=1S/C25H20F3N3O6S/c1-12(2)11-38(36,37)14-4-5-21(32)15(8-14)25(35)31-20-9-16(26)19(10-22(20)33)30-24(34)13-6-17(27)23(29-3)18(28)7-13/h4-10,12,32-33H,11H2,1-2H3,(H,30,34)(H,31,35). The van der Waals surface area contributed by atoms with Crippen LogP contribution in [0.3, 0.4) is 0 Å². The van der Waals surface area contributed by atoms with E-state index in [0.29, 0.717) is 24.3 Å². The maximum absolute atomic E-state index is 14.7. The zero-order valence-electron chi connectivity index (χ0n) is 19.8. The Bertz CT molecular complexity index is 1580. The van der Waals surface area contributed by atoms with Gasteiger partial charge < -0.3 is 20.8 Å². The van der Waals surface area contributed by atoms with Crippen LogP contribution < -0.4 is 10.6 Å². The molecule has 0 saturated heterocycles. The Hall–Kier alpha value is -4.57. The zero-order valence-corrected chi connectivity index (χ0v) is 20.7. The van der Waals surface area contributed by atoms with E-state index in [9.17, 15) is 41.4 Å². The summed E-state index contributed by atoms with van der Waals surface area (Å²) in [5.41, 5.74) is -3.03. The number of phenolic OH excluding ortho intramolecular Hbond substituents is 2. The molecule has 0 spiro atoms. The maximum atomic E-state index is 14.7. The Morgan fingerprint density at radius 3 is 2.08 bits per heavy atom. The highest BCUT2D eigenvalue weighted by molar-refractivity contribution is 7.91. The van der Waals surface area contributed by atoms with Crippen molar-refractivity contribution in [2.45, 2.75) is 18.7 Å². The minimum absolute atomic E-state index is 0.207. The van der Waals surface area contributed by atoms with E-state index in [-0.39, 0.29) is 16.6 Å². The van der Waals surface area contributed by atoms with Gasteiger partial charge in [-0.05, 0) is 36.2 Å². The number of aromatic hydroxyl groups is 2. The minimum atomic E-state index is -3.77. The number of carbonyl (C=O) groups excluding carboxylic acids is 2. The lowest BCUT2D eigenvalue weighted by Gasteiger charge is -2.13. The molecule has 2 amide bonds. The van der Waals surface area contributed by atoms with Crippen LogP contribution in [0.4, 0.5) is 30.2 Å². The van der Waals surface area contributed by atoms with Crippen LogP contribution in [0.25, 0.3) is 4.85 Å². The lowest BCUT2D eigenvalue weighted by atomic mass is 10.1. The van der Waals surface area contributed by atoms with Crippen molar-refractivity contribution in [1.29, 1.82) is 0 Å². The number of phenols is 2. The summed E-state index contributed by atoms with van der Waals surface area (Å²) in [5.74, 6) is -7.70. The van der Waals surface area contributed by atoms with Gasteiger partial charge >= 0.3 is 0 Å². The van der Waals surface area contributed by atoms with E-state index in [1.54, 1.807) is 13.8 Å². The number of anilines is 2. The minimum Gasteiger partial charge on any atom is -0.507 e. The first-order valence-corrected chi connectivity index (χ1v) is 12.5. The van der Waals surface area contributed by atoms with Gasteiger partial charge in [-0.1, -0.05) is 13.8 Å². The van der Waals surface area contributed by atoms with Gasteiger partial charge in [-0.15, -0.1) is 0 Å². The average molecular weight is 548 g/mol.